The third kappa shape index (κ3) is 6.48. The van der Waals surface area contributed by atoms with Crippen molar-refractivity contribution in [2.45, 2.75) is 76.1 Å². The predicted octanol–water partition coefficient (Wildman–Crippen LogP) is 3.51. The van der Waals surface area contributed by atoms with Gasteiger partial charge in [0.25, 0.3) is 5.91 Å². The molecule has 2 saturated heterocycles. The number of hydrogen-bond donors (Lipinski definition) is 3. The second kappa shape index (κ2) is 10.1. The Morgan fingerprint density at radius 2 is 1.70 bits per heavy atom. The van der Waals surface area contributed by atoms with E-state index in [1.165, 1.54) is 12.8 Å². The van der Waals surface area contributed by atoms with Gasteiger partial charge in [-0.3, -0.25) is 4.79 Å². The summed E-state index contributed by atoms with van der Waals surface area (Å²) in [5, 5.41) is 19.5. The topological polar surface area (TPSA) is 116 Å². The minimum atomic E-state index is -1.26. The lowest BCUT2D eigenvalue weighted by atomic mass is 9.92. The number of halogens is 1. The van der Waals surface area contributed by atoms with Crippen LogP contribution in [0.4, 0.5) is 0 Å². The number of aryl methyl sites for hydroxylation is 1. The van der Waals surface area contributed by atoms with E-state index < -0.39 is 11.9 Å². The summed E-state index contributed by atoms with van der Waals surface area (Å²) in [6.45, 7) is 4.14. The molecule has 2 bridgehead atoms. The average Bonchev–Trinajstić information content (AvgIpc) is 2.93. The maximum absolute atomic E-state index is 13.0. The number of nitrogens with zero attached hydrogens (tertiary/aromatic N) is 1. The van der Waals surface area contributed by atoms with Gasteiger partial charge in [0, 0.05) is 35.3 Å². The van der Waals surface area contributed by atoms with Crippen LogP contribution in [0.5, 0.6) is 5.75 Å². The Kier molecular flexibility index (Phi) is 7.69. The number of carbonyl (C=O) groups is 3. The van der Waals surface area contributed by atoms with Gasteiger partial charge in [0.1, 0.15) is 11.4 Å². The third-order valence-corrected chi connectivity index (χ3v) is 6.77. The largest absolute Gasteiger partial charge is 0.487 e. The fourth-order valence-electron chi connectivity index (χ4n) is 4.82. The van der Waals surface area contributed by atoms with Crippen LogP contribution in [0.3, 0.4) is 0 Å². The van der Waals surface area contributed by atoms with Gasteiger partial charge in [0.15, 0.2) is 0 Å². The molecule has 0 radical (unpaired) electrons. The van der Waals surface area contributed by atoms with Crippen molar-refractivity contribution in [3.8, 4) is 5.75 Å². The number of carboxylic acids is 2. The maximum atomic E-state index is 13.0. The van der Waals surface area contributed by atoms with Gasteiger partial charge in [-0.2, -0.15) is 0 Å². The lowest BCUT2D eigenvalue weighted by Gasteiger charge is -2.37. The van der Waals surface area contributed by atoms with E-state index in [1.54, 1.807) is 6.07 Å². The maximum Gasteiger partial charge on any atom is 0.328 e. The third-order valence-electron chi connectivity index (χ3n) is 6.55. The number of amides is 1. The second-order valence-electron chi connectivity index (χ2n) is 9.51. The summed E-state index contributed by atoms with van der Waals surface area (Å²) >= 11 is 6.27. The first-order chi connectivity index (χ1) is 15.4. The lowest BCUT2D eigenvalue weighted by molar-refractivity contribution is -0.134. The number of fused-ring (bicyclic) bond motifs is 3. The van der Waals surface area contributed by atoms with Crippen LogP contribution in [-0.4, -0.2) is 63.7 Å². The molecule has 2 atom stereocenters. The van der Waals surface area contributed by atoms with Crippen molar-refractivity contribution in [3.63, 3.8) is 0 Å². The van der Waals surface area contributed by atoms with E-state index in [-0.39, 0.29) is 17.6 Å². The smallest absolute Gasteiger partial charge is 0.328 e. The van der Waals surface area contributed by atoms with Crippen LogP contribution in [0.2, 0.25) is 5.02 Å². The molecule has 4 rings (SSSR count). The van der Waals surface area contributed by atoms with Gasteiger partial charge in [-0.05, 0) is 77.1 Å². The number of hydrogen-bond acceptors (Lipinski definition) is 5. The van der Waals surface area contributed by atoms with E-state index in [9.17, 15) is 14.4 Å². The number of nitrogens with one attached hydrogen (secondary N) is 1. The van der Waals surface area contributed by atoms with Crippen LogP contribution in [0.1, 0.15) is 61.9 Å². The number of aliphatic carboxylic acids is 2. The zero-order valence-electron chi connectivity index (χ0n) is 19.1. The molecule has 2 unspecified atom stereocenters. The van der Waals surface area contributed by atoms with Crippen LogP contribution in [0.25, 0.3) is 0 Å². The minimum Gasteiger partial charge on any atom is -0.487 e. The summed E-state index contributed by atoms with van der Waals surface area (Å²) in [7, 11) is 2.21. The monoisotopic (exact) mass is 478 g/mol. The highest BCUT2D eigenvalue weighted by molar-refractivity contribution is 6.31. The number of carboxylic acid groups (broad SMARTS) is 2. The Labute approximate surface area is 198 Å². The molecule has 3 aliphatic rings. The van der Waals surface area contributed by atoms with Crippen molar-refractivity contribution in [2.24, 2.45) is 0 Å². The highest BCUT2D eigenvalue weighted by atomic mass is 35.5. The molecule has 3 N–H and O–H groups in total. The van der Waals surface area contributed by atoms with Gasteiger partial charge in [-0.1, -0.05) is 11.6 Å². The summed E-state index contributed by atoms with van der Waals surface area (Å²) in [4.78, 5) is 34.6. The summed E-state index contributed by atoms with van der Waals surface area (Å²) in [5.74, 6) is -1.85. The summed E-state index contributed by atoms with van der Waals surface area (Å²) < 4.78 is 6.16. The first kappa shape index (κ1) is 25.1. The van der Waals surface area contributed by atoms with Crippen molar-refractivity contribution in [1.82, 2.24) is 10.2 Å². The molecule has 180 valence electrons. The van der Waals surface area contributed by atoms with Crippen LogP contribution in [-0.2, 0) is 16.0 Å². The number of piperidine rings is 1. The summed E-state index contributed by atoms with van der Waals surface area (Å²) in [5.41, 5.74) is 1.38. The van der Waals surface area contributed by atoms with E-state index in [4.69, 9.17) is 26.6 Å². The Bertz CT molecular complexity index is 931. The van der Waals surface area contributed by atoms with Gasteiger partial charge < -0.3 is 25.2 Å². The van der Waals surface area contributed by atoms with Crippen molar-refractivity contribution < 1.29 is 29.3 Å². The lowest BCUT2D eigenvalue weighted by Crippen LogP contribution is -2.48. The highest BCUT2D eigenvalue weighted by Crippen LogP contribution is 2.38. The van der Waals surface area contributed by atoms with E-state index >= 15 is 0 Å². The van der Waals surface area contributed by atoms with Gasteiger partial charge in [0.2, 0.25) is 0 Å². The number of benzene rings is 1. The quantitative estimate of drug-likeness (QED) is 0.567. The molecule has 0 saturated carbocycles. The van der Waals surface area contributed by atoms with Crippen LogP contribution in [0.15, 0.2) is 24.3 Å². The standard InChI is InChI=1S/C20H27ClN2O2.C4H4O4/c1-20(2)7-6-12-8-13(21)9-17(18(12)25-20)19(24)22-14-10-15-4-5-16(11-14)23(15)3;5-3(6)1-2-4(7)8/h8-9,14-16H,4-7,10-11H2,1-3H3,(H,22,24);1-2H,(H,5,6)(H,7,8)/b;2-1-. The molecule has 1 amide bonds. The van der Waals surface area contributed by atoms with E-state index in [2.05, 4.69) is 31.1 Å². The summed E-state index contributed by atoms with van der Waals surface area (Å²) in [6.07, 6.45) is 7.50. The molecule has 3 aliphatic heterocycles. The Morgan fingerprint density at radius 1 is 1.12 bits per heavy atom. The highest BCUT2D eigenvalue weighted by Gasteiger charge is 2.39. The van der Waals surface area contributed by atoms with Crippen LogP contribution >= 0.6 is 11.6 Å². The van der Waals surface area contributed by atoms with Gasteiger partial charge in [0.05, 0.1) is 5.56 Å². The Balaban J connectivity index is 0.000000331. The molecule has 1 aromatic carbocycles. The Morgan fingerprint density at radius 3 is 2.24 bits per heavy atom. The van der Waals surface area contributed by atoms with E-state index in [1.807, 2.05) is 6.07 Å². The predicted molar refractivity (Wildman–Crippen MR) is 124 cm³/mol. The molecule has 1 aromatic rings. The molecule has 2 fully saturated rings. The van der Waals surface area contributed by atoms with Crippen molar-refractivity contribution in [2.75, 3.05) is 7.05 Å². The molecule has 9 heteroatoms. The van der Waals surface area contributed by atoms with E-state index in [0.717, 1.165) is 31.2 Å². The molecule has 0 aliphatic carbocycles. The molecule has 8 nitrogen and oxygen atoms in total. The van der Waals surface area contributed by atoms with Crippen LogP contribution < -0.4 is 10.1 Å². The molecule has 33 heavy (non-hydrogen) atoms. The van der Waals surface area contributed by atoms with Gasteiger partial charge in [-0.15, -0.1) is 0 Å². The molecular weight excluding hydrogens is 448 g/mol. The normalized spacial score (nSPS) is 25.4. The number of rotatable bonds is 4. The first-order valence-corrected chi connectivity index (χ1v) is 11.5. The molecule has 3 heterocycles. The molecular formula is C24H31ClN2O6. The SMILES string of the molecule is CN1C2CCC1CC(NC(=O)c1cc(Cl)cc3c1OC(C)(C)CC3)C2.O=C(O)/C=C\C(=O)O. The summed E-state index contributed by atoms with van der Waals surface area (Å²) in [6, 6.07) is 5.13. The molecule has 0 spiro atoms. The van der Waals surface area contributed by atoms with Crippen molar-refractivity contribution in [1.29, 1.82) is 0 Å². The van der Waals surface area contributed by atoms with Crippen LogP contribution in [0, 0.1) is 0 Å². The average molecular weight is 479 g/mol. The molecule has 0 aromatic heterocycles. The first-order valence-electron chi connectivity index (χ1n) is 11.1. The number of ether oxygens (including phenoxy) is 1. The Hall–Kier alpha value is -2.58. The van der Waals surface area contributed by atoms with E-state index in [0.29, 0.717) is 40.6 Å². The second-order valence-corrected chi connectivity index (χ2v) is 9.94. The fourth-order valence-corrected chi connectivity index (χ4v) is 5.06. The van der Waals surface area contributed by atoms with Crippen molar-refractivity contribution >= 4 is 29.4 Å². The zero-order valence-corrected chi connectivity index (χ0v) is 19.9. The number of carbonyl (C=O) groups excluding carboxylic acids is 1. The van der Waals surface area contributed by atoms with Gasteiger partial charge in [-0.25, -0.2) is 9.59 Å². The van der Waals surface area contributed by atoms with Crippen molar-refractivity contribution in [3.05, 3.63) is 40.4 Å². The minimum absolute atomic E-state index is 0.0506. The fraction of sp³-hybridized carbons (Fsp3) is 0.542. The van der Waals surface area contributed by atoms with Gasteiger partial charge >= 0.3 is 11.9 Å². The zero-order chi connectivity index (χ0) is 24.3.